The van der Waals surface area contributed by atoms with Gasteiger partial charge in [-0.25, -0.2) is 8.42 Å². The number of nitrogens with zero attached hydrogens (tertiary/aromatic N) is 1. The van der Waals surface area contributed by atoms with Gasteiger partial charge in [0.1, 0.15) is 6.61 Å². The van der Waals surface area contributed by atoms with Gasteiger partial charge in [-0.05, 0) is 42.7 Å². The van der Waals surface area contributed by atoms with E-state index in [2.05, 4.69) is 0 Å². The molecule has 1 unspecified atom stereocenters. The van der Waals surface area contributed by atoms with Crippen LogP contribution in [-0.4, -0.2) is 31.8 Å². The molecule has 2 aromatic carbocycles. The molecule has 138 valence electrons. The molecule has 0 bridgehead atoms. The van der Waals surface area contributed by atoms with E-state index in [1.54, 1.807) is 12.1 Å². The molecule has 2 aromatic rings. The van der Waals surface area contributed by atoms with Gasteiger partial charge in [0.2, 0.25) is 10.0 Å². The number of benzene rings is 2. The largest absolute Gasteiger partial charge is 0.461 e. The van der Waals surface area contributed by atoms with Crippen molar-refractivity contribution in [1.29, 1.82) is 0 Å². The Morgan fingerprint density at radius 3 is 2.50 bits per heavy atom. The van der Waals surface area contributed by atoms with Gasteiger partial charge in [0, 0.05) is 18.1 Å². The molecular formula is C19H20ClNO4S. The summed E-state index contributed by atoms with van der Waals surface area (Å²) >= 11 is 5.83. The van der Waals surface area contributed by atoms with Crippen LogP contribution in [0, 0.1) is 5.92 Å². The van der Waals surface area contributed by atoms with E-state index < -0.39 is 15.9 Å². The number of hydrogen-bond acceptors (Lipinski definition) is 4. The van der Waals surface area contributed by atoms with Gasteiger partial charge in [0.05, 0.1) is 10.8 Å². The fourth-order valence-electron chi connectivity index (χ4n) is 2.96. The van der Waals surface area contributed by atoms with Crippen LogP contribution in [0.2, 0.25) is 5.02 Å². The van der Waals surface area contributed by atoms with E-state index in [4.69, 9.17) is 16.3 Å². The lowest BCUT2D eigenvalue weighted by Gasteiger charge is -2.30. The molecule has 1 fully saturated rings. The van der Waals surface area contributed by atoms with Crippen LogP contribution in [0.4, 0.5) is 0 Å². The Kier molecular flexibility index (Phi) is 5.96. The van der Waals surface area contributed by atoms with Crippen molar-refractivity contribution in [2.45, 2.75) is 24.3 Å². The molecule has 0 amide bonds. The molecule has 0 spiro atoms. The van der Waals surface area contributed by atoms with Crippen LogP contribution in [0.5, 0.6) is 0 Å². The lowest BCUT2D eigenvalue weighted by molar-refractivity contribution is -0.151. The molecule has 1 heterocycles. The molecule has 1 atom stereocenters. The van der Waals surface area contributed by atoms with E-state index in [0.29, 0.717) is 24.4 Å². The molecule has 7 heteroatoms. The Hall–Kier alpha value is -1.89. The third-order valence-corrected chi connectivity index (χ3v) is 6.52. The topological polar surface area (TPSA) is 63.7 Å². The first kappa shape index (κ1) is 18.9. The number of esters is 1. The predicted molar refractivity (Wildman–Crippen MR) is 99.2 cm³/mol. The van der Waals surface area contributed by atoms with Gasteiger partial charge < -0.3 is 4.74 Å². The molecule has 26 heavy (non-hydrogen) atoms. The van der Waals surface area contributed by atoms with Crippen LogP contribution < -0.4 is 0 Å². The molecule has 3 rings (SSSR count). The normalized spacial score (nSPS) is 18.4. The zero-order valence-electron chi connectivity index (χ0n) is 14.2. The summed E-state index contributed by atoms with van der Waals surface area (Å²) in [6, 6.07) is 15.5. The monoisotopic (exact) mass is 393 g/mol. The standard InChI is InChI=1S/C19H20ClNO4S/c20-17-8-10-18(11-9-17)26(23,24)21-12-4-7-16(13-21)19(22)25-14-15-5-2-1-3-6-15/h1-3,5-6,8-11,16H,4,7,12-14H2. The summed E-state index contributed by atoms with van der Waals surface area (Å²) in [7, 11) is -3.65. The van der Waals surface area contributed by atoms with Gasteiger partial charge >= 0.3 is 5.97 Å². The first-order valence-electron chi connectivity index (χ1n) is 8.43. The van der Waals surface area contributed by atoms with Crippen molar-refractivity contribution >= 4 is 27.6 Å². The zero-order chi connectivity index (χ0) is 18.6. The Balaban J connectivity index is 1.64. The summed E-state index contributed by atoms with van der Waals surface area (Å²) in [5.74, 6) is -0.806. The number of carbonyl (C=O) groups is 1. The highest BCUT2D eigenvalue weighted by molar-refractivity contribution is 7.89. The number of sulfonamides is 1. The number of piperidine rings is 1. The Morgan fingerprint density at radius 2 is 1.81 bits per heavy atom. The molecule has 0 saturated carbocycles. The molecule has 0 radical (unpaired) electrons. The lowest BCUT2D eigenvalue weighted by Crippen LogP contribution is -2.42. The molecule has 1 aliphatic heterocycles. The SMILES string of the molecule is O=C(OCc1ccccc1)C1CCCN(S(=O)(=O)c2ccc(Cl)cc2)C1. The number of rotatable bonds is 5. The van der Waals surface area contributed by atoms with Crippen LogP contribution in [-0.2, 0) is 26.2 Å². The maximum Gasteiger partial charge on any atom is 0.310 e. The van der Waals surface area contributed by atoms with Gasteiger partial charge in [0.15, 0.2) is 0 Å². The highest BCUT2D eigenvalue weighted by Gasteiger charge is 2.34. The first-order chi connectivity index (χ1) is 12.5. The van der Waals surface area contributed by atoms with E-state index >= 15 is 0 Å². The Bertz CT molecular complexity index is 853. The maximum atomic E-state index is 12.8. The number of carbonyl (C=O) groups excluding carboxylic acids is 1. The molecule has 1 saturated heterocycles. The van der Waals surface area contributed by atoms with Crippen molar-refractivity contribution in [3.05, 3.63) is 65.2 Å². The minimum absolute atomic E-state index is 0.137. The fraction of sp³-hybridized carbons (Fsp3) is 0.316. The number of halogens is 1. The van der Waals surface area contributed by atoms with Crippen molar-refractivity contribution in [2.75, 3.05) is 13.1 Å². The summed E-state index contributed by atoms with van der Waals surface area (Å²) in [6.07, 6.45) is 1.25. The molecule has 0 N–H and O–H groups in total. The summed E-state index contributed by atoms with van der Waals surface area (Å²) < 4.78 is 32.3. The summed E-state index contributed by atoms with van der Waals surface area (Å²) in [5.41, 5.74) is 0.905. The smallest absolute Gasteiger partial charge is 0.310 e. The van der Waals surface area contributed by atoms with Crippen LogP contribution in [0.3, 0.4) is 0 Å². The van der Waals surface area contributed by atoms with E-state index in [-0.39, 0.29) is 24.0 Å². The van der Waals surface area contributed by atoms with Gasteiger partial charge in [-0.2, -0.15) is 4.31 Å². The molecular weight excluding hydrogens is 374 g/mol. The number of hydrogen-bond donors (Lipinski definition) is 0. The first-order valence-corrected chi connectivity index (χ1v) is 10.2. The van der Waals surface area contributed by atoms with Gasteiger partial charge in [0.25, 0.3) is 0 Å². The molecule has 1 aliphatic rings. The van der Waals surface area contributed by atoms with Gasteiger partial charge in [-0.3, -0.25) is 4.79 Å². The van der Waals surface area contributed by atoms with Crippen LogP contribution in [0.25, 0.3) is 0 Å². The minimum atomic E-state index is -3.65. The summed E-state index contributed by atoms with van der Waals surface area (Å²) in [5, 5.41) is 0.477. The third-order valence-electron chi connectivity index (χ3n) is 4.39. The second-order valence-electron chi connectivity index (χ2n) is 6.25. The van der Waals surface area contributed by atoms with Gasteiger partial charge in [-0.1, -0.05) is 41.9 Å². The highest BCUT2D eigenvalue weighted by Crippen LogP contribution is 2.25. The minimum Gasteiger partial charge on any atom is -0.461 e. The number of ether oxygens (including phenoxy) is 1. The van der Waals surface area contributed by atoms with Crippen molar-refractivity contribution in [3.63, 3.8) is 0 Å². The quantitative estimate of drug-likeness (QED) is 0.729. The van der Waals surface area contributed by atoms with Crippen molar-refractivity contribution in [2.24, 2.45) is 5.92 Å². The summed E-state index contributed by atoms with van der Waals surface area (Å²) in [4.78, 5) is 12.5. The average Bonchev–Trinajstić information content (AvgIpc) is 2.67. The van der Waals surface area contributed by atoms with E-state index in [9.17, 15) is 13.2 Å². The van der Waals surface area contributed by atoms with Gasteiger partial charge in [-0.15, -0.1) is 0 Å². The van der Waals surface area contributed by atoms with Crippen LogP contribution in [0.15, 0.2) is 59.5 Å². The van der Waals surface area contributed by atoms with E-state index in [1.807, 2.05) is 30.3 Å². The second kappa shape index (κ2) is 8.20. The summed E-state index contributed by atoms with van der Waals surface area (Å²) in [6.45, 7) is 0.728. The third kappa shape index (κ3) is 4.44. The van der Waals surface area contributed by atoms with Crippen molar-refractivity contribution in [3.8, 4) is 0 Å². The Labute approximate surface area is 158 Å². The lowest BCUT2D eigenvalue weighted by atomic mass is 10.00. The zero-order valence-corrected chi connectivity index (χ0v) is 15.7. The van der Waals surface area contributed by atoms with Crippen molar-refractivity contribution < 1.29 is 17.9 Å². The molecule has 5 nitrogen and oxygen atoms in total. The second-order valence-corrected chi connectivity index (χ2v) is 8.62. The fourth-order valence-corrected chi connectivity index (χ4v) is 4.61. The maximum absolute atomic E-state index is 12.8. The molecule has 0 aliphatic carbocycles. The average molecular weight is 394 g/mol. The van der Waals surface area contributed by atoms with Crippen LogP contribution >= 0.6 is 11.6 Å². The van der Waals surface area contributed by atoms with Crippen molar-refractivity contribution in [1.82, 2.24) is 4.31 Å². The van der Waals surface area contributed by atoms with Crippen LogP contribution in [0.1, 0.15) is 18.4 Å². The van der Waals surface area contributed by atoms with E-state index in [1.165, 1.54) is 16.4 Å². The highest BCUT2D eigenvalue weighted by atomic mass is 35.5. The van der Waals surface area contributed by atoms with E-state index in [0.717, 1.165) is 5.56 Å². The molecule has 0 aromatic heterocycles. The Morgan fingerprint density at radius 1 is 1.12 bits per heavy atom. The predicted octanol–water partition coefficient (Wildman–Crippen LogP) is 3.48.